The standard InChI is InChI=1S/C13H18N2O3/c1-6-8-10(11(16)14-9-7-2)15-12(17)18-13(3,4)5/h1-2,10H,8-9H2,3-5H3,(H,14,16)(H,15,17)/t10-/m1/s1. The Hall–Kier alpha value is -2.14. The summed E-state index contributed by atoms with van der Waals surface area (Å²) in [6, 6.07) is -0.849. The quantitative estimate of drug-likeness (QED) is 0.720. The van der Waals surface area contributed by atoms with Crippen LogP contribution in [0.5, 0.6) is 0 Å². The van der Waals surface area contributed by atoms with E-state index in [0.29, 0.717) is 0 Å². The maximum Gasteiger partial charge on any atom is 0.408 e. The Morgan fingerprint density at radius 1 is 1.28 bits per heavy atom. The minimum absolute atomic E-state index is 0.0651. The molecule has 2 N–H and O–H groups in total. The van der Waals surface area contributed by atoms with Gasteiger partial charge in [-0.2, -0.15) is 0 Å². The van der Waals surface area contributed by atoms with Crippen LogP contribution in [0.1, 0.15) is 27.2 Å². The maximum absolute atomic E-state index is 11.6. The van der Waals surface area contributed by atoms with Gasteiger partial charge >= 0.3 is 6.09 Å². The molecular weight excluding hydrogens is 232 g/mol. The second-order valence-corrected chi connectivity index (χ2v) is 4.53. The zero-order chi connectivity index (χ0) is 14.2. The number of terminal acetylenes is 2. The minimum atomic E-state index is -0.849. The lowest BCUT2D eigenvalue weighted by molar-refractivity contribution is -0.122. The van der Waals surface area contributed by atoms with Crippen LogP contribution < -0.4 is 10.6 Å². The van der Waals surface area contributed by atoms with Gasteiger partial charge in [-0.15, -0.1) is 18.8 Å². The molecule has 0 unspecified atom stereocenters. The van der Waals surface area contributed by atoms with Crippen molar-refractivity contribution in [2.75, 3.05) is 6.54 Å². The molecular formula is C13H18N2O3. The molecule has 0 rings (SSSR count). The number of rotatable bonds is 4. The maximum atomic E-state index is 11.6. The Bertz CT molecular complexity index is 383. The third-order valence-electron chi connectivity index (χ3n) is 1.69. The van der Waals surface area contributed by atoms with Gasteiger partial charge < -0.3 is 15.4 Å². The van der Waals surface area contributed by atoms with Crippen molar-refractivity contribution in [2.45, 2.75) is 38.8 Å². The lowest BCUT2D eigenvalue weighted by Crippen LogP contribution is -2.48. The highest BCUT2D eigenvalue weighted by molar-refractivity contribution is 5.86. The zero-order valence-electron chi connectivity index (χ0n) is 10.9. The van der Waals surface area contributed by atoms with E-state index in [1.165, 1.54) is 0 Å². The molecule has 5 nitrogen and oxygen atoms in total. The van der Waals surface area contributed by atoms with Crippen molar-refractivity contribution in [1.29, 1.82) is 0 Å². The Kier molecular flexibility index (Phi) is 6.38. The number of nitrogens with one attached hydrogen (secondary N) is 2. The summed E-state index contributed by atoms with van der Waals surface area (Å²) in [7, 11) is 0. The first kappa shape index (κ1) is 15.9. The normalized spacial score (nSPS) is 11.6. The largest absolute Gasteiger partial charge is 0.444 e. The van der Waals surface area contributed by atoms with Crippen LogP contribution in [0.15, 0.2) is 0 Å². The van der Waals surface area contributed by atoms with E-state index in [4.69, 9.17) is 17.6 Å². The van der Waals surface area contributed by atoms with Gasteiger partial charge in [0, 0.05) is 6.42 Å². The molecule has 98 valence electrons. The Balaban J connectivity index is 4.45. The second kappa shape index (κ2) is 7.24. The molecule has 0 fully saturated rings. The van der Waals surface area contributed by atoms with E-state index in [9.17, 15) is 9.59 Å². The molecule has 0 aliphatic rings. The Labute approximate surface area is 108 Å². The summed E-state index contributed by atoms with van der Waals surface area (Å²) in [5.74, 6) is 4.14. The van der Waals surface area contributed by atoms with Crippen LogP contribution in [-0.4, -0.2) is 30.2 Å². The number of carbonyl (C=O) groups is 2. The van der Waals surface area contributed by atoms with Gasteiger partial charge in [-0.3, -0.25) is 4.79 Å². The average molecular weight is 250 g/mol. The lowest BCUT2D eigenvalue weighted by Gasteiger charge is -2.22. The van der Waals surface area contributed by atoms with Crippen molar-refractivity contribution in [3.8, 4) is 24.7 Å². The van der Waals surface area contributed by atoms with Crippen molar-refractivity contribution >= 4 is 12.0 Å². The minimum Gasteiger partial charge on any atom is -0.444 e. The molecule has 18 heavy (non-hydrogen) atoms. The van der Waals surface area contributed by atoms with E-state index in [-0.39, 0.29) is 13.0 Å². The first-order valence-corrected chi connectivity index (χ1v) is 5.44. The highest BCUT2D eigenvalue weighted by Crippen LogP contribution is 2.07. The van der Waals surface area contributed by atoms with Crippen molar-refractivity contribution in [1.82, 2.24) is 10.6 Å². The van der Waals surface area contributed by atoms with Crippen LogP contribution in [0.25, 0.3) is 0 Å². The molecule has 0 saturated heterocycles. The number of carbonyl (C=O) groups excluding carboxylic acids is 2. The predicted octanol–water partition coefficient (Wildman–Crippen LogP) is 0.652. The molecule has 0 aromatic heterocycles. The summed E-state index contributed by atoms with van der Waals surface area (Å²) in [5, 5.41) is 4.84. The zero-order valence-corrected chi connectivity index (χ0v) is 10.9. The number of ether oxygens (including phenoxy) is 1. The molecule has 0 aliphatic heterocycles. The van der Waals surface area contributed by atoms with Crippen LogP contribution >= 0.6 is 0 Å². The Morgan fingerprint density at radius 3 is 2.33 bits per heavy atom. The molecule has 0 heterocycles. The third kappa shape index (κ3) is 7.19. The molecule has 0 bridgehead atoms. The summed E-state index contributed by atoms with van der Waals surface area (Å²) < 4.78 is 5.03. The number of hydrogen-bond donors (Lipinski definition) is 2. The highest BCUT2D eigenvalue weighted by Gasteiger charge is 2.23. The van der Waals surface area contributed by atoms with Gasteiger partial charge in [-0.05, 0) is 20.8 Å². The van der Waals surface area contributed by atoms with Crippen molar-refractivity contribution in [2.24, 2.45) is 0 Å². The fourth-order valence-corrected chi connectivity index (χ4v) is 1.04. The van der Waals surface area contributed by atoms with Crippen LogP contribution in [0.4, 0.5) is 4.79 Å². The molecule has 0 saturated carbocycles. The lowest BCUT2D eigenvalue weighted by atomic mass is 10.2. The van der Waals surface area contributed by atoms with Crippen molar-refractivity contribution in [3.05, 3.63) is 0 Å². The average Bonchev–Trinajstić information content (AvgIpc) is 2.22. The van der Waals surface area contributed by atoms with Gasteiger partial charge in [-0.25, -0.2) is 4.79 Å². The van der Waals surface area contributed by atoms with Gasteiger partial charge in [0.25, 0.3) is 0 Å². The summed E-state index contributed by atoms with van der Waals surface area (Å²) >= 11 is 0. The van der Waals surface area contributed by atoms with Gasteiger partial charge in [0.15, 0.2) is 0 Å². The second-order valence-electron chi connectivity index (χ2n) is 4.53. The summed E-state index contributed by atoms with van der Waals surface area (Å²) in [4.78, 5) is 23.1. The fourth-order valence-electron chi connectivity index (χ4n) is 1.04. The third-order valence-corrected chi connectivity index (χ3v) is 1.69. The summed E-state index contributed by atoms with van der Waals surface area (Å²) in [6.45, 7) is 5.25. The number of amides is 2. The fraction of sp³-hybridized carbons (Fsp3) is 0.538. The molecule has 5 heteroatoms. The first-order valence-electron chi connectivity index (χ1n) is 5.44. The predicted molar refractivity (Wildman–Crippen MR) is 68.5 cm³/mol. The molecule has 0 spiro atoms. The van der Waals surface area contributed by atoms with E-state index in [1.807, 2.05) is 0 Å². The molecule has 0 aromatic carbocycles. The Morgan fingerprint density at radius 2 is 1.89 bits per heavy atom. The van der Waals surface area contributed by atoms with Crippen molar-refractivity contribution < 1.29 is 14.3 Å². The summed E-state index contributed by atoms with van der Waals surface area (Å²) in [5.41, 5.74) is -0.639. The topological polar surface area (TPSA) is 67.4 Å². The van der Waals surface area contributed by atoms with Crippen LogP contribution in [0.3, 0.4) is 0 Å². The molecule has 0 radical (unpaired) electrons. The van der Waals surface area contributed by atoms with Crippen LogP contribution in [-0.2, 0) is 9.53 Å². The SMILES string of the molecule is C#CCNC(=O)[C@@H](CC#C)NC(=O)OC(C)(C)C. The highest BCUT2D eigenvalue weighted by atomic mass is 16.6. The van der Waals surface area contributed by atoms with E-state index >= 15 is 0 Å². The first-order chi connectivity index (χ1) is 8.30. The van der Waals surface area contributed by atoms with Gasteiger partial charge in [0.2, 0.25) is 5.91 Å². The van der Waals surface area contributed by atoms with Gasteiger partial charge in [0.1, 0.15) is 11.6 Å². The van der Waals surface area contributed by atoms with Crippen LogP contribution in [0.2, 0.25) is 0 Å². The number of hydrogen-bond acceptors (Lipinski definition) is 3. The monoisotopic (exact) mass is 250 g/mol. The molecule has 0 aliphatic carbocycles. The smallest absolute Gasteiger partial charge is 0.408 e. The van der Waals surface area contributed by atoms with Gasteiger partial charge in [0.05, 0.1) is 6.54 Å². The summed E-state index contributed by atoms with van der Waals surface area (Å²) in [6.07, 6.45) is 9.52. The van der Waals surface area contributed by atoms with Crippen LogP contribution in [0, 0.1) is 24.7 Å². The van der Waals surface area contributed by atoms with E-state index in [0.717, 1.165) is 0 Å². The molecule has 2 amide bonds. The number of alkyl carbamates (subject to hydrolysis) is 1. The van der Waals surface area contributed by atoms with Gasteiger partial charge in [-0.1, -0.05) is 5.92 Å². The van der Waals surface area contributed by atoms with Crippen molar-refractivity contribution in [3.63, 3.8) is 0 Å². The van der Waals surface area contributed by atoms with E-state index in [2.05, 4.69) is 22.5 Å². The van der Waals surface area contributed by atoms with E-state index < -0.39 is 23.6 Å². The van der Waals surface area contributed by atoms with E-state index in [1.54, 1.807) is 20.8 Å². The molecule has 1 atom stereocenters. The molecule has 0 aromatic rings.